The zero-order valence-corrected chi connectivity index (χ0v) is 19.2. The molecule has 0 radical (unpaired) electrons. The lowest BCUT2D eigenvalue weighted by Crippen LogP contribution is -2.04. The van der Waals surface area contributed by atoms with Gasteiger partial charge in [0, 0.05) is 18.1 Å². The molecule has 0 aliphatic rings. The molecule has 0 aliphatic heterocycles. The number of halogens is 1. The van der Waals surface area contributed by atoms with Gasteiger partial charge in [-0.05, 0) is 63.8 Å². The van der Waals surface area contributed by atoms with Gasteiger partial charge in [0.05, 0.1) is 17.0 Å². The van der Waals surface area contributed by atoms with Crippen LogP contribution in [0.25, 0.3) is 27.8 Å². The molecule has 29 heavy (non-hydrogen) atoms. The van der Waals surface area contributed by atoms with E-state index in [0.717, 1.165) is 29.2 Å². The highest BCUT2D eigenvalue weighted by molar-refractivity contribution is 5.89. The fourth-order valence-corrected chi connectivity index (χ4v) is 4.55. The first-order valence-electron chi connectivity index (χ1n) is 10.3. The quantitative estimate of drug-likeness (QED) is 0.352. The fourth-order valence-electron chi connectivity index (χ4n) is 4.55. The first-order chi connectivity index (χ1) is 13.4. The van der Waals surface area contributed by atoms with E-state index in [2.05, 4.69) is 75.0 Å². The standard InChI is InChI=1S/C24H30N4.ClH/c1-7-8-9-11-27-12-10-20-18(5)25-23-22(19(6)26-28(23)24(20)27)21-16(3)13-15(2)14-17(21)4;/h10,12-14H,7-9,11H2,1-6H3;1H. The molecule has 0 aliphatic carbocycles. The Morgan fingerprint density at radius 2 is 1.59 bits per heavy atom. The number of benzene rings is 1. The number of fused-ring (bicyclic) bond motifs is 3. The van der Waals surface area contributed by atoms with Crippen molar-refractivity contribution < 1.29 is 0 Å². The maximum atomic E-state index is 5.00. The van der Waals surface area contributed by atoms with Gasteiger partial charge in [-0.2, -0.15) is 9.61 Å². The minimum atomic E-state index is 0. The number of unbranched alkanes of at least 4 members (excludes halogenated alkanes) is 2. The summed E-state index contributed by atoms with van der Waals surface area (Å²) in [5.74, 6) is 0. The zero-order chi connectivity index (χ0) is 20.0. The van der Waals surface area contributed by atoms with Gasteiger partial charge in [0.1, 0.15) is 5.65 Å². The normalized spacial score (nSPS) is 11.4. The van der Waals surface area contributed by atoms with Gasteiger partial charge < -0.3 is 4.57 Å². The van der Waals surface area contributed by atoms with Crippen molar-refractivity contribution in [3.8, 4) is 11.1 Å². The average Bonchev–Trinajstić information content (AvgIpc) is 3.17. The van der Waals surface area contributed by atoms with Crippen LogP contribution in [-0.4, -0.2) is 19.2 Å². The third-order valence-electron chi connectivity index (χ3n) is 5.76. The van der Waals surface area contributed by atoms with E-state index >= 15 is 0 Å². The second kappa shape index (κ2) is 8.19. The monoisotopic (exact) mass is 410 g/mol. The maximum Gasteiger partial charge on any atom is 0.165 e. The topological polar surface area (TPSA) is 35.1 Å². The largest absolute Gasteiger partial charge is 0.332 e. The van der Waals surface area contributed by atoms with Crippen LogP contribution in [0.5, 0.6) is 0 Å². The number of aromatic nitrogens is 4. The van der Waals surface area contributed by atoms with Crippen LogP contribution in [0.4, 0.5) is 0 Å². The van der Waals surface area contributed by atoms with Crippen molar-refractivity contribution in [3.63, 3.8) is 0 Å². The number of rotatable bonds is 5. The Labute approximate surface area is 179 Å². The molecule has 0 unspecified atom stereocenters. The van der Waals surface area contributed by atoms with E-state index in [1.165, 1.54) is 52.5 Å². The predicted molar refractivity (Wildman–Crippen MR) is 124 cm³/mol. The minimum Gasteiger partial charge on any atom is -0.332 e. The Morgan fingerprint density at radius 3 is 2.24 bits per heavy atom. The third-order valence-corrected chi connectivity index (χ3v) is 5.76. The van der Waals surface area contributed by atoms with Crippen LogP contribution >= 0.6 is 12.4 Å². The fraction of sp³-hybridized carbons (Fsp3) is 0.417. The van der Waals surface area contributed by atoms with Crippen molar-refractivity contribution in [3.05, 3.63) is 52.5 Å². The highest BCUT2D eigenvalue weighted by Crippen LogP contribution is 2.35. The SMILES string of the molecule is CCCCCn1ccc2c(C)nc3c(-c4c(C)cc(C)cc4C)c(C)nn3c21.Cl. The van der Waals surface area contributed by atoms with Crippen LogP contribution in [0.15, 0.2) is 24.4 Å². The molecule has 0 fully saturated rings. The molecule has 5 heteroatoms. The van der Waals surface area contributed by atoms with E-state index in [-0.39, 0.29) is 12.4 Å². The molecule has 4 aromatic rings. The summed E-state index contributed by atoms with van der Waals surface area (Å²) in [6.45, 7) is 14.0. The molecular formula is C24H31ClN4. The average molecular weight is 411 g/mol. The number of hydrogen-bond acceptors (Lipinski definition) is 2. The molecule has 3 heterocycles. The van der Waals surface area contributed by atoms with Crippen molar-refractivity contribution >= 4 is 29.1 Å². The van der Waals surface area contributed by atoms with Crippen LogP contribution in [-0.2, 0) is 6.54 Å². The van der Waals surface area contributed by atoms with Gasteiger partial charge in [0.2, 0.25) is 0 Å². The molecule has 0 N–H and O–H groups in total. The van der Waals surface area contributed by atoms with Gasteiger partial charge in [-0.1, -0.05) is 37.5 Å². The summed E-state index contributed by atoms with van der Waals surface area (Å²) in [5, 5.41) is 6.15. The molecule has 154 valence electrons. The summed E-state index contributed by atoms with van der Waals surface area (Å²) in [6.07, 6.45) is 5.85. The van der Waals surface area contributed by atoms with E-state index in [9.17, 15) is 0 Å². The van der Waals surface area contributed by atoms with Gasteiger partial charge in [-0.25, -0.2) is 4.98 Å². The van der Waals surface area contributed by atoms with Gasteiger partial charge in [0.25, 0.3) is 0 Å². The molecule has 4 nitrogen and oxygen atoms in total. The maximum absolute atomic E-state index is 5.00. The molecule has 0 atom stereocenters. The van der Waals surface area contributed by atoms with Gasteiger partial charge in [-0.15, -0.1) is 12.4 Å². The third kappa shape index (κ3) is 3.55. The second-order valence-electron chi connectivity index (χ2n) is 8.12. The van der Waals surface area contributed by atoms with Gasteiger partial charge in [-0.3, -0.25) is 0 Å². The molecule has 3 aromatic heterocycles. The number of hydrogen-bond donors (Lipinski definition) is 0. The smallest absolute Gasteiger partial charge is 0.165 e. The van der Waals surface area contributed by atoms with Crippen molar-refractivity contribution in [2.75, 3.05) is 0 Å². The summed E-state index contributed by atoms with van der Waals surface area (Å²) in [7, 11) is 0. The summed E-state index contributed by atoms with van der Waals surface area (Å²) in [4.78, 5) is 5.00. The molecule has 0 bridgehead atoms. The van der Waals surface area contributed by atoms with Crippen LogP contribution in [0.3, 0.4) is 0 Å². The summed E-state index contributed by atoms with van der Waals surface area (Å²) < 4.78 is 4.41. The Morgan fingerprint density at radius 1 is 0.897 bits per heavy atom. The zero-order valence-electron chi connectivity index (χ0n) is 18.3. The first kappa shape index (κ1) is 21.4. The second-order valence-corrected chi connectivity index (χ2v) is 8.12. The highest BCUT2D eigenvalue weighted by atomic mass is 35.5. The van der Waals surface area contributed by atoms with Gasteiger partial charge >= 0.3 is 0 Å². The molecule has 0 saturated heterocycles. The lowest BCUT2D eigenvalue weighted by Gasteiger charge is -2.12. The van der Waals surface area contributed by atoms with Crippen molar-refractivity contribution in [1.29, 1.82) is 0 Å². The van der Waals surface area contributed by atoms with E-state index in [1.54, 1.807) is 0 Å². The van der Waals surface area contributed by atoms with E-state index in [0.29, 0.717) is 0 Å². The Bertz CT molecular complexity index is 1160. The Kier molecular flexibility index (Phi) is 6.04. The molecule has 0 amide bonds. The molecular weight excluding hydrogens is 380 g/mol. The highest BCUT2D eigenvalue weighted by Gasteiger charge is 2.20. The first-order valence-corrected chi connectivity index (χ1v) is 10.3. The molecule has 1 aromatic carbocycles. The summed E-state index contributed by atoms with van der Waals surface area (Å²) in [6, 6.07) is 6.69. The number of nitrogens with zero attached hydrogens (tertiary/aromatic N) is 4. The minimum absolute atomic E-state index is 0. The van der Waals surface area contributed by atoms with Crippen LogP contribution < -0.4 is 0 Å². The van der Waals surface area contributed by atoms with Crippen molar-refractivity contribution in [2.45, 2.75) is 67.3 Å². The van der Waals surface area contributed by atoms with E-state index < -0.39 is 0 Å². The van der Waals surface area contributed by atoms with Crippen molar-refractivity contribution in [2.24, 2.45) is 0 Å². The number of aryl methyl sites for hydroxylation is 6. The summed E-state index contributed by atoms with van der Waals surface area (Å²) >= 11 is 0. The van der Waals surface area contributed by atoms with Crippen molar-refractivity contribution in [1.82, 2.24) is 19.2 Å². The molecule has 0 spiro atoms. The van der Waals surface area contributed by atoms with Gasteiger partial charge in [0.15, 0.2) is 5.65 Å². The van der Waals surface area contributed by atoms with E-state index in [4.69, 9.17) is 10.1 Å². The van der Waals surface area contributed by atoms with E-state index in [1.807, 2.05) is 0 Å². The van der Waals surface area contributed by atoms with Crippen LogP contribution in [0, 0.1) is 34.6 Å². The predicted octanol–water partition coefficient (Wildman–Crippen LogP) is 6.51. The molecule has 4 rings (SSSR count). The lowest BCUT2D eigenvalue weighted by molar-refractivity contribution is 0.609. The Balaban J connectivity index is 0.00000240. The molecule has 0 saturated carbocycles. The summed E-state index contributed by atoms with van der Waals surface area (Å²) in [5.41, 5.74) is 10.5. The lowest BCUT2D eigenvalue weighted by atomic mass is 9.94. The van der Waals surface area contributed by atoms with Crippen LogP contribution in [0.1, 0.15) is 54.3 Å². The van der Waals surface area contributed by atoms with Crippen LogP contribution in [0.2, 0.25) is 0 Å². The Hall–Kier alpha value is -2.33.